The molecule has 0 bridgehead atoms. The Kier molecular flexibility index (Phi) is 5.87. The summed E-state index contributed by atoms with van der Waals surface area (Å²) in [6.45, 7) is 8.75. The average Bonchev–Trinajstić information content (AvgIpc) is 3.08. The Labute approximate surface area is 186 Å². The predicted octanol–water partition coefficient (Wildman–Crippen LogP) is 5.73. The minimum atomic E-state index is -0.291. The van der Waals surface area contributed by atoms with E-state index < -0.39 is 0 Å². The van der Waals surface area contributed by atoms with E-state index in [4.69, 9.17) is 4.74 Å². The molecule has 0 unspecified atom stereocenters. The van der Waals surface area contributed by atoms with Gasteiger partial charge in [0, 0.05) is 11.8 Å². The van der Waals surface area contributed by atoms with Gasteiger partial charge in [0.1, 0.15) is 0 Å². The van der Waals surface area contributed by atoms with Crippen molar-refractivity contribution < 1.29 is 19.1 Å². The predicted molar refractivity (Wildman–Crippen MR) is 120 cm³/mol. The highest BCUT2D eigenvalue weighted by molar-refractivity contribution is 6.01. The van der Waals surface area contributed by atoms with E-state index in [-0.39, 0.29) is 28.3 Å². The molecule has 4 aliphatic carbocycles. The van der Waals surface area contributed by atoms with Gasteiger partial charge in [0.15, 0.2) is 17.8 Å². The van der Waals surface area contributed by atoms with Gasteiger partial charge in [0.05, 0.1) is 0 Å². The topological polar surface area (TPSA) is 60.4 Å². The molecule has 0 heterocycles. The van der Waals surface area contributed by atoms with Gasteiger partial charge in [-0.05, 0) is 91.8 Å². The van der Waals surface area contributed by atoms with Gasteiger partial charge in [-0.15, -0.1) is 0 Å². The van der Waals surface area contributed by atoms with Crippen LogP contribution in [0.25, 0.3) is 0 Å². The van der Waals surface area contributed by atoms with Gasteiger partial charge in [-0.1, -0.05) is 39.3 Å². The van der Waals surface area contributed by atoms with Crippen LogP contribution < -0.4 is 0 Å². The van der Waals surface area contributed by atoms with Crippen LogP contribution in [0.4, 0.5) is 0 Å². The first kappa shape index (κ1) is 22.2. The van der Waals surface area contributed by atoms with Crippen LogP contribution >= 0.6 is 0 Å². The summed E-state index contributed by atoms with van der Waals surface area (Å²) in [7, 11) is 0. The summed E-state index contributed by atoms with van der Waals surface area (Å²) in [6.07, 6.45) is 13.7. The van der Waals surface area contributed by atoms with Gasteiger partial charge < -0.3 is 4.74 Å². The molecule has 4 nitrogen and oxygen atoms in total. The number of hydrogen-bond acceptors (Lipinski definition) is 4. The van der Waals surface area contributed by atoms with Gasteiger partial charge >= 0.3 is 5.97 Å². The number of esters is 1. The van der Waals surface area contributed by atoms with E-state index in [0.29, 0.717) is 30.1 Å². The molecule has 3 saturated carbocycles. The second kappa shape index (κ2) is 8.18. The van der Waals surface area contributed by atoms with Crippen molar-refractivity contribution in [1.82, 2.24) is 0 Å². The zero-order valence-corrected chi connectivity index (χ0v) is 19.4. The second-order valence-corrected chi connectivity index (χ2v) is 11.0. The maximum atomic E-state index is 12.3. The van der Waals surface area contributed by atoms with Gasteiger partial charge in [0.25, 0.3) is 0 Å². The summed E-state index contributed by atoms with van der Waals surface area (Å²) >= 11 is 0. The maximum Gasteiger partial charge on any atom is 0.311 e. The maximum absolute atomic E-state index is 12.3. The van der Waals surface area contributed by atoms with Crippen LogP contribution in [0.5, 0.6) is 0 Å². The normalized spacial score (nSPS) is 38.2. The molecular formula is C27H36O4. The van der Waals surface area contributed by atoms with Crippen LogP contribution in [0.1, 0.15) is 79.1 Å². The zero-order chi connectivity index (χ0) is 22.4. The molecule has 0 aromatic heterocycles. The standard InChI is InChI=1S/C27H36O4/c1-17(2)5-10-25(30)31-24(16-28)23-9-8-21-20-7-6-18-15-19(29)11-13-26(18,3)22(20)12-14-27(21,23)4/h11,13,15-17,20-22H,5-10,12,14H2,1-4H3/t20-,21-,22-,26-,27-/m0/s1. The number of hydrogen-bond donors (Lipinski definition) is 0. The fraction of sp³-hybridized carbons (Fsp3) is 0.667. The van der Waals surface area contributed by atoms with Crippen molar-refractivity contribution >= 4 is 18.0 Å². The van der Waals surface area contributed by atoms with E-state index >= 15 is 0 Å². The van der Waals surface area contributed by atoms with Gasteiger partial charge in [-0.2, -0.15) is 0 Å². The van der Waals surface area contributed by atoms with Crippen LogP contribution in [0.3, 0.4) is 0 Å². The van der Waals surface area contributed by atoms with Crippen molar-refractivity contribution in [3.8, 4) is 0 Å². The molecule has 0 saturated heterocycles. The van der Waals surface area contributed by atoms with Crippen molar-refractivity contribution in [3.63, 3.8) is 0 Å². The fourth-order valence-corrected chi connectivity index (χ4v) is 7.15. The van der Waals surface area contributed by atoms with E-state index in [1.165, 1.54) is 5.57 Å². The Morgan fingerprint density at radius 3 is 2.68 bits per heavy atom. The molecule has 0 aromatic rings. The monoisotopic (exact) mass is 424 g/mol. The van der Waals surface area contributed by atoms with Gasteiger partial charge in [-0.3, -0.25) is 14.4 Å². The lowest BCUT2D eigenvalue weighted by molar-refractivity contribution is -0.141. The first-order valence-corrected chi connectivity index (χ1v) is 12.0. The lowest BCUT2D eigenvalue weighted by Gasteiger charge is -2.56. The third-order valence-corrected chi connectivity index (χ3v) is 8.90. The Bertz CT molecular complexity index is 876. The van der Waals surface area contributed by atoms with E-state index in [1.807, 2.05) is 6.08 Å². The molecule has 5 atom stereocenters. The summed E-state index contributed by atoms with van der Waals surface area (Å²) in [4.78, 5) is 36.2. The summed E-state index contributed by atoms with van der Waals surface area (Å²) in [5.74, 6) is 2.13. The van der Waals surface area contributed by atoms with E-state index in [0.717, 1.165) is 56.8 Å². The summed E-state index contributed by atoms with van der Waals surface area (Å²) in [5, 5.41) is 0. The third kappa shape index (κ3) is 3.76. The van der Waals surface area contributed by atoms with E-state index in [1.54, 1.807) is 6.08 Å². The SMILES string of the molecule is CC(C)CCC(=O)OC(C=O)=C1CC[C@H]2[C@@H]3CCC4=CC(=O)C=C[C@]4(C)[C@H]3CC[C@]12C. The Balaban J connectivity index is 1.58. The number of rotatable bonds is 5. The van der Waals surface area contributed by atoms with E-state index in [9.17, 15) is 14.4 Å². The average molecular weight is 425 g/mol. The van der Waals surface area contributed by atoms with Crippen molar-refractivity contribution in [1.29, 1.82) is 0 Å². The summed E-state index contributed by atoms with van der Waals surface area (Å²) < 4.78 is 5.62. The molecule has 4 rings (SSSR count). The molecule has 0 radical (unpaired) electrons. The Morgan fingerprint density at radius 1 is 1.19 bits per heavy atom. The van der Waals surface area contributed by atoms with Crippen LogP contribution in [-0.2, 0) is 19.1 Å². The lowest BCUT2D eigenvalue weighted by Crippen LogP contribution is -2.48. The molecular weight excluding hydrogens is 388 g/mol. The highest BCUT2D eigenvalue weighted by Crippen LogP contribution is 2.66. The number of allylic oxidation sites excluding steroid dienone is 6. The molecule has 4 heteroatoms. The largest absolute Gasteiger partial charge is 0.423 e. The van der Waals surface area contributed by atoms with Crippen molar-refractivity contribution in [2.45, 2.75) is 79.1 Å². The minimum Gasteiger partial charge on any atom is -0.423 e. The quantitative estimate of drug-likeness (QED) is 0.245. The molecule has 0 aliphatic heterocycles. The fourth-order valence-electron chi connectivity index (χ4n) is 7.15. The minimum absolute atomic E-state index is 0.0264. The number of ketones is 1. The first-order chi connectivity index (χ1) is 14.7. The number of carbonyl (C=O) groups excluding carboxylic acids is 3. The zero-order valence-electron chi connectivity index (χ0n) is 19.4. The van der Waals surface area contributed by atoms with Gasteiger partial charge in [-0.25, -0.2) is 0 Å². The van der Waals surface area contributed by atoms with Gasteiger partial charge in [0.2, 0.25) is 0 Å². The van der Waals surface area contributed by atoms with Crippen LogP contribution in [-0.4, -0.2) is 18.0 Å². The third-order valence-electron chi connectivity index (χ3n) is 8.90. The highest BCUT2D eigenvalue weighted by Gasteiger charge is 2.57. The number of ether oxygens (including phenoxy) is 1. The van der Waals surface area contributed by atoms with Crippen LogP contribution in [0, 0.1) is 34.5 Å². The second-order valence-electron chi connectivity index (χ2n) is 11.0. The number of carbonyl (C=O) groups is 3. The smallest absolute Gasteiger partial charge is 0.311 e. The first-order valence-electron chi connectivity index (χ1n) is 12.0. The summed E-state index contributed by atoms with van der Waals surface area (Å²) in [5.41, 5.74) is 2.25. The van der Waals surface area contributed by atoms with Crippen LogP contribution in [0.15, 0.2) is 35.1 Å². The number of aldehydes is 1. The molecule has 0 spiro atoms. The highest BCUT2D eigenvalue weighted by atomic mass is 16.5. The molecule has 168 valence electrons. The van der Waals surface area contributed by atoms with Crippen molar-refractivity contribution in [2.75, 3.05) is 0 Å². The summed E-state index contributed by atoms with van der Waals surface area (Å²) in [6, 6.07) is 0. The molecule has 0 aromatic carbocycles. The molecule has 31 heavy (non-hydrogen) atoms. The molecule has 0 amide bonds. The Hall–Kier alpha value is -1.97. The van der Waals surface area contributed by atoms with E-state index in [2.05, 4.69) is 33.8 Å². The molecule has 4 aliphatic rings. The van der Waals surface area contributed by atoms with Crippen molar-refractivity contribution in [3.05, 3.63) is 35.1 Å². The molecule has 3 fully saturated rings. The lowest BCUT2D eigenvalue weighted by atomic mass is 9.48. The number of fused-ring (bicyclic) bond motifs is 5. The Morgan fingerprint density at radius 2 is 1.97 bits per heavy atom. The van der Waals surface area contributed by atoms with Crippen LogP contribution in [0.2, 0.25) is 0 Å². The van der Waals surface area contributed by atoms with Crippen molar-refractivity contribution in [2.24, 2.45) is 34.5 Å². The molecule has 0 N–H and O–H groups in total.